The van der Waals surface area contributed by atoms with Crippen molar-refractivity contribution < 1.29 is 18.3 Å². The first-order chi connectivity index (χ1) is 11.3. The fraction of sp³-hybridized carbons (Fsp3) is 0.650. The van der Waals surface area contributed by atoms with Gasteiger partial charge in [-0.1, -0.05) is 34.6 Å². The monoisotopic (exact) mass is 371 g/mol. The van der Waals surface area contributed by atoms with Crippen molar-refractivity contribution >= 4 is 8.32 Å². The molecule has 1 rings (SSSR count). The Morgan fingerprint density at radius 3 is 2.32 bits per heavy atom. The molecule has 1 aromatic rings. The molecule has 1 N–H and O–H groups in total. The maximum Gasteiger partial charge on any atom is 0.192 e. The smallest absolute Gasteiger partial charge is 0.192 e. The molecule has 0 aliphatic carbocycles. The molecule has 0 saturated heterocycles. The van der Waals surface area contributed by atoms with Crippen LogP contribution in [0.15, 0.2) is 18.2 Å². The Kier molecular flexibility index (Phi) is 7.78. The average molecular weight is 372 g/mol. The Balaban J connectivity index is 2.94. The van der Waals surface area contributed by atoms with Gasteiger partial charge in [-0.05, 0) is 55.1 Å². The van der Waals surface area contributed by atoms with Gasteiger partial charge in [-0.25, -0.2) is 8.78 Å². The van der Waals surface area contributed by atoms with Crippen LogP contribution in [0.25, 0.3) is 0 Å². The quantitative estimate of drug-likeness (QED) is 0.553. The third-order valence-corrected chi connectivity index (χ3v) is 9.57. The summed E-state index contributed by atoms with van der Waals surface area (Å²) in [6, 6.07) is 3.19. The van der Waals surface area contributed by atoms with Crippen molar-refractivity contribution in [3.63, 3.8) is 0 Å². The molecular formula is C20H33F2O2Si. The predicted octanol–water partition coefficient (Wildman–Crippen LogP) is 6.17. The lowest BCUT2D eigenvalue weighted by atomic mass is 9.98. The number of benzene rings is 1. The standard InChI is InChI=1S/C20H33F2O2Si/c1-14(2)8-10-16(24-25(6,7)20(3,4)5)13-19(23)17-12-15(21)9-11-18(17)22/h9,11-12,16,19,23H,8,10,13H2,1-7H3/t16-,19?/m1/s1. The number of hydrogen-bond acceptors (Lipinski definition) is 2. The van der Waals surface area contributed by atoms with E-state index in [4.69, 9.17) is 4.43 Å². The van der Waals surface area contributed by atoms with Gasteiger partial charge in [0.2, 0.25) is 0 Å². The second-order valence-electron chi connectivity index (χ2n) is 8.66. The zero-order chi connectivity index (χ0) is 19.4. The number of aliphatic hydroxyl groups excluding tert-OH is 1. The van der Waals surface area contributed by atoms with E-state index in [-0.39, 0.29) is 23.1 Å². The van der Waals surface area contributed by atoms with Crippen LogP contribution in [0.3, 0.4) is 0 Å². The molecule has 0 aliphatic heterocycles. The summed E-state index contributed by atoms with van der Waals surface area (Å²) in [6.07, 6.45) is 0.650. The van der Waals surface area contributed by atoms with E-state index in [0.717, 1.165) is 31.0 Å². The molecule has 0 heterocycles. The number of aliphatic hydroxyl groups is 1. The highest BCUT2D eigenvalue weighted by molar-refractivity contribution is 6.74. The van der Waals surface area contributed by atoms with Crippen LogP contribution < -0.4 is 0 Å². The van der Waals surface area contributed by atoms with Crippen LogP contribution in [0.1, 0.15) is 65.5 Å². The van der Waals surface area contributed by atoms with Crippen molar-refractivity contribution in [1.82, 2.24) is 0 Å². The van der Waals surface area contributed by atoms with E-state index in [1.807, 2.05) is 0 Å². The molecule has 1 aromatic carbocycles. The Labute approximate surface area is 152 Å². The van der Waals surface area contributed by atoms with Crippen LogP contribution in [0, 0.1) is 17.6 Å². The lowest BCUT2D eigenvalue weighted by Crippen LogP contribution is -2.44. The van der Waals surface area contributed by atoms with E-state index in [9.17, 15) is 13.9 Å². The largest absolute Gasteiger partial charge is 0.414 e. The van der Waals surface area contributed by atoms with Gasteiger partial charge in [0.05, 0.1) is 6.10 Å². The van der Waals surface area contributed by atoms with Crippen LogP contribution >= 0.6 is 0 Å². The Bertz CT molecular complexity index is 553. The van der Waals surface area contributed by atoms with Crippen molar-refractivity contribution in [1.29, 1.82) is 0 Å². The molecule has 2 atom stereocenters. The summed E-state index contributed by atoms with van der Waals surface area (Å²) in [4.78, 5) is 0. The molecule has 143 valence electrons. The van der Waals surface area contributed by atoms with Crippen molar-refractivity contribution in [2.24, 2.45) is 0 Å². The second kappa shape index (κ2) is 8.74. The molecule has 1 unspecified atom stereocenters. The third kappa shape index (κ3) is 6.80. The summed E-state index contributed by atoms with van der Waals surface area (Å²) >= 11 is 0. The second-order valence-corrected chi connectivity index (χ2v) is 13.4. The highest BCUT2D eigenvalue weighted by atomic mass is 28.4. The summed E-state index contributed by atoms with van der Waals surface area (Å²) in [7, 11) is -2.02. The highest BCUT2D eigenvalue weighted by Crippen LogP contribution is 2.39. The Morgan fingerprint density at radius 2 is 1.80 bits per heavy atom. The van der Waals surface area contributed by atoms with Gasteiger partial charge in [-0.3, -0.25) is 0 Å². The topological polar surface area (TPSA) is 29.5 Å². The average Bonchev–Trinajstić information content (AvgIpc) is 2.45. The van der Waals surface area contributed by atoms with Crippen LogP contribution in [-0.4, -0.2) is 19.5 Å². The number of halogens is 2. The van der Waals surface area contributed by atoms with Gasteiger partial charge >= 0.3 is 0 Å². The molecular weight excluding hydrogens is 338 g/mol. The van der Waals surface area contributed by atoms with Crippen LogP contribution in [-0.2, 0) is 4.43 Å². The lowest BCUT2D eigenvalue weighted by Gasteiger charge is -2.40. The summed E-state index contributed by atoms with van der Waals surface area (Å²) in [6.45, 7) is 14.9. The maximum atomic E-state index is 13.9. The summed E-state index contributed by atoms with van der Waals surface area (Å²) in [5.41, 5.74) is 0.000955. The minimum atomic E-state index is -2.02. The fourth-order valence-electron chi connectivity index (χ4n) is 2.41. The van der Waals surface area contributed by atoms with Gasteiger partial charge in [0.15, 0.2) is 8.32 Å². The van der Waals surface area contributed by atoms with Crippen LogP contribution in [0.2, 0.25) is 18.1 Å². The molecule has 0 fully saturated rings. The summed E-state index contributed by atoms with van der Waals surface area (Å²) in [5, 5.41) is 10.5. The molecule has 2 nitrogen and oxygen atoms in total. The van der Waals surface area contributed by atoms with E-state index < -0.39 is 26.1 Å². The van der Waals surface area contributed by atoms with Crippen LogP contribution in [0.4, 0.5) is 8.78 Å². The normalized spacial score (nSPS) is 15.5. The van der Waals surface area contributed by atoms with Crippen molar-refractivity contribution in [2.45, 2.75) is 84.2 Å². The van der Waals surface area contributed by atoms with Gasteiger partial charge in [-0.15, -0.1) is 0 Å². The molecule has 0 aromatic heterocycles. The van der Waals surface area contributed by atoms with Gasteiger partial charge in [0.25, 0.3) is 0 Å². The highest BCUT2D eigenvalue weighted by Gasteiger charge is 2.39. The minimum Gasteiger partial charge on any atom is -0.414 e. The summed E-state index contributed by atoms with van der Waals surface area (Å²) in [5.74, 6) is 0.156. The van der Waals surface area contributed by atoms with E-state index in [1.165, 1.54) is 5.92 Å². The molecule has 0 bridgehead atoms. The molecule has 0 saturated carbocycles. The van der Waals surface area contributed by atoms with Gasteiger partial charge < -0.3 is 9.53 Å². The first kappa shape index (κ1) is 22.3. The minimum absolute atomic E-state index is 0.000955. The van der Waals surface area contributed by atoms with E-state index >= 15 is 0 Å². The molecule has 0 aliphatic rings. The maximum absolute atomic E-state index is 13.9. The predicted molar refractivity (Wildman–Crippen MR) is 102 cm³/mol. The SMILES string of the molecule is C[C](C)CC[C@H](CC(O)c1cc(F)ccc1F)O[Si](C)(C)C(C)(C)C. The van der Waals surface area contributed by atoms with Crippen molar-refractivity contribution in [3.8, 4) is 0 Å². The lowest BCUT2D eigenvalue weighted by molar-refractivity contribution is 0.0786. The molecule has 5 heteroatoms. The van der Waals surface area contributed by atoms with Crippen molar-refractivity contribution in [3.05, 3.63) is 41.3 Å². The molecule has 0 amide bonds. The number of rotatable bonds is 8. The van der Waals surface area contributed by atoms with E-state index in [2.05, 4.69) is 47.7 Å². The zero-order valence-corrected chi connectivity index (χ0v) is 17.6. The Morgan fingerprint density at radius 1 is 1.20 bits per heavy atom. The fourth-order valence-corrected chi connectivity index (χ4v) is 3.81. The van der Waals surface area contributed by atoms with Gasteiger partial charge in [-0.2, -0.15) is 0 Å². The first-order valence-electron chi connectivity index (χ1n) is 8.93. The van der Waals surface area contributed by atoms with E-state index in [0.29, 0.717) is 0 Å². The molecule has 1 radical (unpaired) electrons. The van der Waals surface area contributed by atoms with Crippen molar-refractivity contribution in [2.75, 3.05) is 0 Å². The van der Waals surface area contributed by atoms with E-state index in [1.54, 1.807) is 0 Å². The summed E-state index contributed by atoms with van der Waals surface area (Å²) < 4.78 is 33.8. The van der Waals surface area contributed by atoms with Gasteiger partial charge in [0, 0.05) is 18.1 Å². The zero-order valence-electron chi connectivity index (χ0n) is 16.6. The number of hydrogen-bond donors (Lipinski definition) is 1. The van der Waals surface area contributed by atoms with Gasteiger partial charge in [0.1, 0.15) is 11.6 Å². The molecule has 25 heavy (non-hydrogen) atoms. The van der Waals surface area contributed by atoms with Crippen LogP contribution in [0.5, 0.6) is 0 Å². The Hall–Kier alpha value is -0.783. The third-order valence-electron chi connectivity index (χ3n) is 5.04. The first-order valence-corrected chi connectivity index (χ1v) is 11.8. The molecule has 0 spiro atoms.